The van der Waals surface area contributed by atoms with Crippen molar-refractivity contribution in [3.05, 3.63) is 64.1 Å². The minimum Gasteiger partial charge on any atom is -0.494 e. The average molecular weight is 283 g/mol. The van der Waals surface area contributed by atoms with Crippen LogP contribution in [-0.4, -0.2) is 12.1 Å². The van der Waals surface area contributed by atoms with Crippen LogP contribution in [-0.2, 0) is 0 Å². The summed E-state index contributed by atoms with van der Waals surface area (Å²) in [5.74, 6) is 0.337. The minimum atomic E-state index is -0.310. The standard InChI is InChI=1S/C17H14FNO2/c1-10-3-8-13-15(20)9-14(19-16(13)17(10)21-2)11-4-6-12(18)7-5-11/h3-9H,1-2H3,(H,19,20). The lowest BCUT2D eigenvalue weighted by molar-refractivity contribution is 0.416. The predicted octanol–water partition coefficient (Wildman–Crippen LogP) is 3.65. The van der Waals surface area contributed by atoms with Crippen molar-refractivity contribution in [3.8, 4) is 17.0 Å². The summed E-state index contributed by atoms with van der Waals surface area (Å²) >= 11 is 0. The third-order valence-corrected chi connectivity index (χ3v) is 3.51. The van der Waals surface area contributed by atoms with Crippen LogP contribution in [0.2, 0.25) is 0 Å². The zero-order valence-electron chi connectivity index (χ0n) is 11.7. The number of hydrogen-bond donors (Lipinski definition) is 1. The zero-order valence-corrected chi connectivity index (χ0v) is 11.7. The molecule has 0 radical (unpaired) electrons. The smallest absolute Gasteiger partial charge is 0.190 e. The fourth-order valence-electron chi connectivity index (χ4n) is 2.44. The van der Waals surface area contributed by atoms with Crippen LogP contribution in [0.1, 0.15) is 5.56 Å². The third-order valence-electron chi connectivity index (χ3n) is 3.51. The molecule has 3 nitrogen and oxygen atoms in total. The quantitative estimate of drug-likeness (QED) is 0.780. The van der Waals surface area contributed by atoms with Gasteiger partial charge in [0, 0.05) is 17.1 Å². The maximum atomic E-state index is 13.0. The summed E-state index contributed by atoms with van der Waals surface area (Å²) in [4.78, 5) is 15.5. The number of aromatic nitrogens is 1. The lowest BCUT2D eigenvalue weighted by atomic mass is 10.1. The molecule has 2 aromatic carbocycles. The fourth-order valence-corrected chi connectivity index (χ4v) is 2.44. The Kier molecular flexibility index (Phi) is 3.22. The number of aryl methyl sites for hydroxylation is 1. The number of aromatic amines is 1. The topological polar surface area (TPSA) is 42.1 Å². The molecule has 1 N–H and O–H groups in total. The molecule has 0 unspecified atom stereocenters. The molecule has 21 heavy (non-hydrogen) atoms. The first-order chi connectivity index (χ1) is 10.1. The number of H-pyrrole nitrogens is 1. The van der Waals surface area contributed by atoms with Crippen LogP contribution in [0.5, 0.6) is 5.75 Å². The Hall–Kier alpha value is -2.62. The van der Waals surface area contributed by atoms with Gasteiger partial charge in [-0.2, -0.15) is 0 Å². The Morgan fingerprint density at radius 3 is 2.48 bits per heavy atom. The Morgan fingerprint density at radius 1 is 1.10 bits per heavy atom. The summed E-state index contributed by atoms with van der Waals surface area (Å²) in [7, 11) is 1.57. The lowest BCUT2D eigenvalue weighted by Gasteiger charge is -2.10. The highest BCUT2D eigenvalue weighted by Gasteiger charge is 2.10. The Morgan fingerprint density at radius 2 is 1.81 bits per heavy atom. The second-order valence-electron chi connectivity index (χ2n) is 4.89. The molecule has 0 aliphatic rings. The van der Waals surface area contributed by atoms with Gasteiger partial charge < -0.3 is 9.72 Å². The van der Waals surface area contributed by atoms with Gasteiger partial charge in [0.05, 0.1) is 12.6 Å². The van der Waals surface area contributed by atoms with Gasteiger partial charge >= 0.3 is 0 Å². The maximum Gasteiger partial charge on any atom is 0.190 e. The van der Waals surface area contributed by atoms with Gasteiger partial charge in [-0.1, -0.05) is 6.07 Å². The van der Waals surface area contributed by atoms with E-state index in [-0.39, 0.29) is 11.2 Å². The highest BCUT2D eigenvalue weighted by molar-refractivity contribution is 5.87. The SMILES string of the molecule is COc1c(C)ccc2c(=O)cc(-c3ccc(F)cc3)[nH]c12. The van der Waals surface area contributed by atoms with E-state index >= 15 is 0 Å². The summed E-state index contributed by atoms with van der Waals surface area (Å²) in [5.41, 5.74) is 2.89. The van der Waals surface area contributed by atoms with Crippen molar-refractivity contribution in [2.75, 3.05) is 7.11 Å². The summed E-state index contributed by atoms with van der Waals surface area (Å²) < 4.78 is 18.4. The zero-order chi connectivity index (χ0) is 15.0. The van der Waals surface area contributed by atoms with E-state index < -0.39 is 0 Å². The van der Waals surface area contributed by atoms with E-state index in [2.05, 4.69) is 4.98 Å². The second kappa shape index (κ2) is 5.05. The molecule has 106 valence electrons. The first-order valence-corrected chi connectivity index (χ1v) is 6.56. The van der Waals surface area contributed by atoms with Crippen molar-refractivity contribution in [2.24, 2.45) is 0 Å². The van der Waals surface area contributed by atoms with E-state index in [0.29, 0.717) is 22.3 Å². The van der Waals surface area contributed by atoms with Crippen LogP contribution >= 0.6 is 0 Å². The number of halogens is 1. The van der Waals surface area contributed by atoms with Gasteiger partial charge in [-0.25, -0.2) is 4.39 Å². The van der Waals surface area contributed by atoms with E-state index in [1.165, 1.54) is 18.2 Å². The number of rotatable bonds is 2. The van der Waals surface area contributed by atoms with Gasteiger partial charge in [0.25, 0.3) is 0 Å². The Labute approximate surface area is 121 Å². The summed E-state index contributed by atoms with van der Waals surface area (Å²) in [6, 6.07) is 11.2. The molecule has 3 rings (SSSR count). The van der Waals surface area contributed by atoms with E-state index in [0.717, 1.165) is 11.1 Å². The molecule has 3 aromatic rings. The molecular formula is C17H14FNO2. The average Bonchev–Trinajstić information content (AvgIpc) is 2.47. The molecule has 0 amide bonds. The Balaban J connectivity index is 2.31. The van der Waals surface area contributed by atoms with E-state index in [1.54, 1.807) is 25.3 Å². The lowest BCUT2D eigenvalue weighted by Crippen LogP contribution is -2.04. The van der Waals surface area contributed by atoms with Crippen LogP contribution in [0.4, 0.5) is 4.39 Å². The molecule has 1 aromatic heterocycles. The molecule has 0 bridgehead atoms. The summed E-state index contributed by atoms with van der Waals surface area (Å²) in [6.07, 6.45) is 0. The molecule has 1 heterocycles. The molecule has 4 heteroatoms. The normalized spacial score (nSPS) is 10.8. The monoisotopic (exact) mass is 283 g/mol. The molecule has 0 fully saturated rings. The van der Waals surface area contributed by atoms with Crippen LogP contribution in [0, 0.1) is 12.7 Å². The van der Waals surface area contributed by atoms with Gasteiger partial charge in [-0.3, -0.25) is 4.79 Å². The largest absolute Gasteiger partial charge is 0.494 e. The van der Waals surface area contributed by atoms with E-state index in [4.69, 9.17) is 4.74 Å². The fraction of sp³-hybridized carbons (Fsp3) is 0.118. The first-order valence-electron chi connectivity index (χ1n) is 6.56. The predicted molar refractivity (Wildman–Crippen MR) is 81.3 cm³/mol. The number of nitrogens with one attached hydrogen (secondary N) is 1. The van der Waals surface area contributed by atoms with Gasteiger partial charge in [-0.15, -0.1) is 0 Å². The van der Waals surface area contributed by atoms with Crippen molar-refractivity contribution in [2.45, 2.75) is 6.92 Å². The van der Waals surface area contributed by atoms with Crippen LogP contribution in [0.3, 0.4) is 0 Å². The van der Waals surface area contributed by atoms with Crippen LogP contribution in [0.15, 0.2) is 47.3 Å². The number of benzene rings is 2. The van der Waals surface area contributed by atoms with Crippen molar-refractivity contribution in [3.63, 3.8) is 0 Å². The Bertz CT molecular complexity index is 866. The number of ether oxygens (including phenoxy) is 1. The van der Waals surface area contributed by atoms with Gasteiger partial charge in [0.1, 0.15) is 11.6 Å². The van der Waals surface area contributed by atoms with E-state index in [1.807, 2.05) is 13.0 Å². The van der Waals surface area contributed by atoms with Gasteiger partial charge in [0.15, 0.2) is 5.43 Å². The highest BCUT2D eigenvalue weighted by atomic mass is 19.1. The molecule has 0 atom stereocenters. The second-order valence-corrected chi connectivity index (χ2v) is 4.89. The van der Waals surface area contributed by atoms with Crippen molar-refractivity contribution >= 4 is 10.9 Å². The highest BCUT2D eigenvalue weighted by Crippen LogP contribution is 2.28. The number of fused-ring (bicyclic) bond motifs is 1. The van der Waals surface area contributed by atoms with Gasteiger partial charge in [-0.05, 0) is 48.4 Å². The van der Waals surface area contributed by atoms with Gasteiger partial charge in [0.2, 0.25) is 0 Å². The van der Waals surface area contributed by atoms with Crippen LogP contribution < -0.4 is 10.2 Å². The van der Waals surface area contributed by atoms with Crippen molar-refractivity contribution in [1.29, 1.82) is 0 Å². The summed E-state index contributed by atoms with van der Waals surface area (Å²) in [6.45, 7) is 1.92. The van der Waals surface area contributed by atoms with Crippen LogP contribution in [0.25, 0.3) is 22.2 Å². The number of pyridine rings is 1. The maximum absolute atomic E-state index is 13.0. The molecule has 0 saturated heterocycles. The molecule has 0 saturated carbocycles. The van der Waals surface area contributed by atoms with Crippen molar-refractivity contribution in [1.82, 2.24) is 4.98 Å². The molecule has 0 spiro atoms. The van der Waals surface area contributed by atoms with E-state index in [9.17, 15) is 9.18 Å². The molecule has 0 aliphatic carbocycles. The van der Waals surface area contributed by atoms with Crippen molar-refractivity contribution < 1.29 is 9.13 Å². The first kappa shape index (κ1) is 13.4. The molecule has 0 aliphatic heterocycles. The molecular weight excluding hydrogens is 269 g/mol. The minimum absolute atomic E-state index is 0.0959. The summed E-state index contributed by atoms with van der Waals surface area (Å²) in [5, 5.41) is 0.573. The number of methoxy groups -OCH3 is 1. The third kappa shape index (κ3) is 2.29. The number of hydrogen-bond acceptors (Lipinski definition) is 2.